The first-order chi connectivity index (χ1) is 15.6. The molecule has 0 spiro atoms. The van der Waals surface area contributed by atoms with E-state index in [4.69, 9.17) is 4.74 Å². The molecule has 1 unspecified atom stereocenters. The summed E-state index contributed by atoms with van der Waals surface area (Å²) in [5.74, 6) is -0.0964. The number of carbonyl (C=O) groups is 2. The Morgan fingerprint density at radius 2 is 1.52 bits per heavy atom. The van der Waals surface area contributed by atoms with Crippen molar-refractivity contribution in [2.75, 3.05) is 19.4 Å². The molecule has 0 aromatic heterocycles. The van der Waals surface area contributed by atoms with Crippen LogP contribution in [0.15, 0.2) is 77.7 Å². The number of hydrogen-bond donors (Lipinski definition) is 1. The Morgan fingerprint density at radius 1 is 0.909 bits per heavy atom. The normalized spacial score (nSPS) is 12.3. The molecule has 0 aliphatic carbocycles. The molecule has 0 heterocycles. The van der Waals surface area contributed by atoms with Gasteiger partial charge in [-0.15, -0.1) is 0 Å². The van der Waals surface area contributed by atoms with Crippen molar-refractivity contribution in [3.63, 3.8) is 0 Å². The fourth-order valence-corrected chi connectivity index (χ4v) is 3.97. The van der Waals surface area contributed by atoms with Gasteiger partial charge in [-0.1, -0.05) is 36.4 Å². The first-order valence-electron chi connectivity index (χ1n) is 10.3. The van der Waals surface area contributed by atoms with E-state index in [-0.39, 0.29) is 10.7 Å². The van der Waals surface area contributed by atoms with Gasteiger partial charge in [-0.3, -0.25) is 9.59 Å². The predicted octanol–water partition coefficient (Wildman–Crippen LogP) is 3.88. The first kappa shape index (κ1) is 24.2. The Bertz CT molecular complexity index is 1250. The molecule has 33 heavy (non-hydrogen) atoms. The minimum absolute atomic E-state index is 0.0839. The lowest BCUT2D eigenvalue weighted by Crippen LogP contribution is -2.30. The van der Waals surface area contributed by atoms with E-state index < -0.39 is 22.0 Å². The van der Waals surface area contributed by atoms with Crippen molar-refractivity contribution in [2.24, 2.45) is 0 Å². The summed E-state index contributed by atoms with van der Waals surface area (Å²) in [6.07, 6.45) is -0.853. The molecule has 8 heteroatoms. The fourth-order valence-electron chi connectivity index (χ4n) is 3.04. The molecule has 0 saturated heterocycles. The van der Waals surface area contributed by atoms with E-state index in [9.17, 15) is 18.0 Å². The number of carbonyl (C=O) groups excluding carboxylic acids is 2. The molecule has 0 fully saturated rings. The Kier molecular flexibility index (Phi) is 7.30. The third kappa shape index (κ3) is 5.66. The molecular formula is C25H26N2O5S. The van der Waals surface area contributed by atoms with Crippen molar-refractivity contribution in [2.45, 2.75) is 24.8 Å². The van der Waals surface area contributed by atoms with Gasteiger partial charge in [-0.25, -0.2) is 12.7 Å². The SMILES string of the molecule is Cc1ccc(S(=O)(=O)N(C)C)cc1NC(=O)C(C)Oc1ccc(C(=O)c2ccccc2)cc1. The summed E-state index contributed by atoms with van der Waals surface area (Å²) in [7, 11) is -0.736. The molecular weight excluding hydrogens is 440 g/mol. The topological polar surface area (TPSA) is 92.8 Å². The van der Waals surface area contributed by atoms with Gasteiger partial charge in [-0.05, 0) is 55.8 Å². The van der Waals surface area contributed by atoms with Gasteiger partial charge in [-0.2, -0.15) is 0 Å². The molecule has 7 nitrogen and oxygen atoms in total. The molecule has 3 aromatic carbocycles. The number of benzene rings is 3. The van der Waals surface area contributed by atoms with Crippen LogP contribution in [-0.2, 0) is 14.8 Å². The number of ether oxygens (including phenoxy) is 1. The molecule has 0 aliphatic heterocycles. The summed E-state index contributed by atoms with van der Waals surface area (Å²) in [5.41, 5.74) is 2.22. The molecule has 0 bridgehead atoms. The predicted molar refractivity (Wildman–Crippen MR) is 127 cm³/mol. The van der Waals surface area contributed by atoms with E-state index in [1.807, 2.05) is 6.07 Å². The Hall–Kier alpha value is -3.49. The van der Waals surface area contributed by atoms with E-state index in [1.165, 1.54) is 26.2 Å². The maximum absolute atomic E-state index is 12.7. The summed E-state index contributed by atoms with van der Waals surface area (Å²) in [4.78, 5) is 25.3. The van der Waals surface area contributed by atoms with Gasteiger partial charge in [0, 0.05) is 30.9 Å². The highest BCUT2D eigenvalue weighted by Crippen LogP contribution is 2.23. The highest BCUT2D eigenvalue weighted by molar-refractivity contribution is 7.89. The zero-order valence-corrected chi connectivity index (χ0v) is 19.7. The molecule has 0 radical (unpaired) electrons. The number of amides is 1. The van der Waals surface area contributed by atoms with Crippen molar-refractivity contribution >= 4 is 27.4 Å². The largest absolute Gasteiger partial charge is 0.481 e. The maximum Gasteiger partial charge on any atom is 0.265 e. The van der Waals surface area contributed by atoms with Crippen LogP contribution in [0, 0.1) is 6.92 Å². The number of nitrogens with one attached hydrogen (secondary N) is 1. The molecule has 1 N–H and O–H groups in total. The summed E-state index contributed by atoms with van der Waals surface area (Å²) < 4.78 is 31.6. The van der Waals surface area contributed by atoms with Crippen LogP contribution in [0.5, 0.6) is 5.75 Å². The smallest absolute Gasteiger partial charge is 0.265 e. The van der Waals surface area contributed by atoms with Crippen molar-refractivity contribution in [1.82, 2.24) is 4.31 Å². The minimum atomic E-state index is -3.63. The van der Waals surface area contributed by atoms with E-state index in [1.54, 1.807) is 68.4 Å². The van der Waals surface area contributed by atoms with Crippen molar-refractivity contribution < 1.29 is 22.7 Å². The molecule has 1 amide bonds. The van der Waals surface area contributed by atoms with Crippen LogP contribution in [-0.4, -0.2) is 44.6 Å². The van der Waals surface area contributed by atoms with Crippen molar-refractivity contribution in [1.29, 1.82) is 0 Å². The third-order valence-corrected chi connectivity index (χ3v) is 6.89. The second-order valence-electron chi connectivity index (χ2n) is 7.73. The fraction of sp³-hybridized carbons (Fsp3) is 0.200. The summed E-state index contributed by atoms with van der Waals surface area (Å²) in [6, 6.07) is 20.1. The van der Waals surface area contributed by atoms with Gasteiger partial charge in [0.05, 0.1) is 4.90 Å². The van der Waals surface area contributed by atoms with Crippen molar-refractivity contribution in [3.8, 4) is 5.75 Å². The van der Waals surface area contributed by atoms with Crippen LogP contribution in [0.3, 0.4) is 0 Å². The van der Waals surface area contributed by atoms with E-state index in [0.29, 0.717) is 22.6 Å². The number of hydrogen-bond acceptors (Lipinski definition) is 5. The maximum atomic E-state index is 12.7. The minimum Gasteiger partial charge on any atom is -0.481 e. The van der Waals surface area contributed by atoms with Crippen LogP contribution in [0.2, 0.25) is 0 Å². The average Bonchev–Trinajstić information content (AvgIpc) is 2.80. The van der Waals surface area contributed by atoms with Gasteiger partial charge in [0.15, 0.2) is 11.9 Å². The lowest BCUT2D eigenvalue weighted by atomic mass is 10.0. The average molecular weight is 467 g/mol. The monoisotopic (exact) mass is 466 g/mol. The van der Waals surface area contributed by atoms with E-state index in [2.05, 4.69) is 5.32 Å². The number of rotatable bonds is 8. The highest BCUT2D eigenvalue weighted by atomic mass is 32.2. The molecule has 0 aliphatic rings. The van der Waals surface area contributed by atoms with E-state index >= 15 is 0 Å². The Labute approximate surface area is 194 Å². The van der Waals surface area contributed by atoms with Gasteiger partial charge < -0.3 is 10.1 Å². The lowest BCUT2D eigenvalue weighted by Gasteiger charge is -2.17. The van der Waals surface area contributed by atoms with Crippen LogP contribution >= 0.6 is 0 Å². The molecule has 3 rings (SSSR count). The molecule has 3 aromatic rings. The van der Waals surface area contributed by atoms with Gasteiger partial charge in [0.2, 0.25) is 10.0 Å². The molecule has 172 valence electrons. The zero-order chi connectivity index (χ0) is 24.2. The van der Waals surface area contributed by atoms with Crippen LogP contribution in [0.25, 0.3) is 0 Å². The number of sulfonamides is 1. The van der Waals surface area contributed by atoms with Crippen LogP contribution < -0.4 is 10.1 Å². The molecule has 0 saturated carbocycles. The zero-order valence-electron chi connectivity index (χ0n) is 18.9. The van der Waals surface area contributed by atoms with Gasteiger partial charge in [0.1, 0.15) is 5.75 Å². The summed E-state index contributed by atoms with van der Waals surface area (Å²) in [5, 5.41) is 2.73. The summed E-state index contributed by atoms with van der Waals surface area (Å²) in [6.45, 7) is 3.36. The second kappa shape index (κ2) is 9.97. The number of ketones is 1. The second-order valence-corrected chi connectivity index (χ2v) is 9.88. The van der Waals surface area contributed by atoms with Crippen LogP contribution in [0.1, 0.15) is 28.4 Å². The molecule has 1 atom stereocenters. The number of nitrogens with zero attached hydrogens (tertiary/aromatic N) is 1. The van der Waals surface area contributed by atoms with Crippen molar-refractivity contribution in [3.05, 3.63) is 89.5 Å². The Balaban J connectivity index is 1.68. The Morgan fingerprint density at radius 3 is 2.12 bits per heavy atom. The number of anilines is 1. The highest BCUT2D eigenvalue weighted by Gasteiger charge is 2.21. The summed E-state index contributed by atoms with van der Waals surface area (Å²) >= 11 is 0. The van der Waals surface area contributed by atoms with Crippen LogP contribution in [0.4, 0.5) is 5.69 Å². The lowest BCUT2D eigenvalue weighted by molar-refractivity contribution is -0.122. The van der Waals surface area contributed by atoms with Gasteiger partial charge in [0.25, 0.3) is 5.91 Å². The number of aryl methyl sites for hydroxylation is 1. The van der Waals surface area contributed by atoms with E-state index in [0.717, 1.165) is 9.87 Å². The third-order valence-electron chi connectivity index (χ3n) is 5.08. The first-order valence-corrected chi connectivity index (χ1v) is 11.7. The van der Waals surface area contributed by atoms with Gasteiger partial charge >= 0.3 is 0 Å². The standard InChI is InChI=1S/C25H26N2O5S/c1-17-10-15-22(33(30,31)27(3)4)16-23(17)26-25(29)18(2)32-21-13-11-20(12-14-21)24(28)19-8-6-5-7-9-19/h5-16,18H,1-4H3,(H,26,29). The quantitative estimate of drug-likeness (QED) is 0.509.